The molecule has 0 fully saturated rings. The van der Waals surface area contributed by atoms with Crippen LogP contribution in [0.15, 0.2) is 18.2 Å². The third kappa shape index (κ3) is 2.28. The number of nitriles is 1. The number of anilines is 2. The van der Waals surface area contributed by atoms with Crippen LogP contribution in [0.25, 0.3) is 0 Å². The highest BCUT2D eigenvalue weighted by atomic mass is 15.2. The molecule has 1 aromatic heterocycles. The highest BCUT2D eigenvalue weighted by Gasteiger charge is 2.09. The van der Waals surface area contributed by atoms with Gasteiger partial charge in [-0.15, -0.1) is 0 Å². The Morgan fingerprint density at radius 1 is 1.18 bits per heavy atom. The van der Waals surface area contributed by atoms with Crippen molar-refractivity contribution in [1.82, 2.24) is 10.2 Å². The van der Waals surface area contributed by atoms with E-state index in [-0.39, 0.29) is 0 Å². The van der Waals surface area contributed by atoms with E-state index in [9.17, 15) is 0 Å². The predicted molar refractivity (Wildman–Crippen MR) is 67.2 cm³/mol. The molecule has 0 aliphatic rings. The number of hydrogen-bond acceptors (Lipinski definition) is 3. The third-order valence-corrected chi connectivity index (χ3v) is 2.54. The highest BCUT2D eigenvalue weighted by Crippen LogP contribution is 2.21. The monoisotopic (exact) mass is 226 g/mol. The van der Waals surface area contributed by atoms with Crippen LogP contribution in [0.3, 0.4) is 0 Å². The number of rotatable bonds is 2. The van der Waals surface area contributed by atoms with Crippen molar-refractivity contribution in [1.29, 1.82) is 5.26 Å². The molecule has 2 N–H and O–H groups in total. The van der Waals surface area contributed by atoms with E-state index in [2.05, 4.69) is 27.6 Å². The minimum atomic E-state index is 0.559. The van der Waals surface area contributed by atoms with Gasteiger partial charge in [-0.2, -0.15) is 10.4 Å². The van der Waals surface area contributed by atoms with Crippen molar-refractivity contribution < 1.29 is 0 Å². The molecular weight excluding hydrogens is 212 g/mol. The highest BCUT2D eigenvalue weighted by molar-refractivity contribution is 5.64. The Morgan fingerprint density at radius 2 is 1.82 bits per heavy atom. The van der Waals surface area contributed by atoms with Crippen molar-refractivity contribution in [2.24, 2.45) is 0 Å². The number of nitrogens with zero attached hydrogens (tertiary/aromatic N) is 2. The van der Waals surface area contributed by atoms with Crippen molar-refractivity contribution in [2.75, 3.05) is 5.32 Å². The maximum absolute atomic E-state index is 9.03. The second-order valence-electron chi connectivity index (χ2n) is 4.19. The van der Waals surface area contributed by atoms with Gasteiger partial charge in [0.25, 0.3) is 0 Å². The molecule has 1 aromatic carbocycles. The predicted octanol–water partition coefficient (Wildman–Crippen LogP) is 2.95. The Bertz CT molecular complexity index is 570. The molecule has 0 aliphatic heterocycles. The van der Waals surface area contributed by atoms with Crippen molar-refractivity contribution in [3.8, 4) is 6.07 Å². The number of aryl methyl sites for hydroxylation is 3. The van der Waals surface area contributed by atoms with E-state index in [1.165, 1.54) is 11.1 Å². The van der Waals surface area contributed by atoms with Gasteiger partial charge < -0.3 is 5.32 Å². The zero-order valence-electron chi connectivity index (χ0n) is 10.1. The summed E-state index contributed by atoms with van der Waals surface area (Å²) in [6, 6.07) is 8.29. The van der Waals surface area contributed by atoms with Crippen LogP contribution in [-0.4, -0.2) is 10.2 Å². The molecule has 2 rings (SSSR count). The molecule has 0 saturated heterocycles. The largest absolute Gasteiger partial charge is 0.338 e. The molecule has 0 bridgehead atoms. The van der Waals surface area contributed by atoms with Gasteiger partial charge in [-0.25, -0.2) is 0 Å². The summed E-state index contributed by atoms with van der Waals surface area (Å²) in [5, 5.41) is 19.1. The molecule has 86 valence electrons. The maximum Gasteiger partial charge on any atom is 0.170 e. The fourth-order valence-corrected chi connectivity index (χ4v) is 1.84. The average molecular weight is 226 g/mol. The zero-order valence-corrected chi connectivity index (χ0v) is 10.1. The Hall–Kier alpha value is -2.28. The van der Waals surface area contributed by atoms with Gasteiger partial charge in [-0.3, -0.25) is 5.10 Å². The van der Waals surface area contributed by atoms with Crippen LogP contribution in [-0.2, 0) is 0 Å². The van der Waals surface area contributed by atoms with Gasteiger partial charge in [-0.05, 0) is 44.0 Å². The Morgan fingerprint density at radius 3 is 2.41 bits per heavy atom. The fourth-order valence-electron chi connectivity index (χ4n) is 1.84. The molecule has 0 amide bonds. The topological polar surface area (TPSA) is 64.5 Å². The summed E-state index contributed by atoms with van der Waals surface area (Å²) in [6.07, 6.45) is 0. The van der Waals surface area contributed by atoms with Crippen molar-refractivity contribution >= 4 is 11.5 Å². The number of aromatic nitrogens is 2. The van der Waals surface area contributed by atoms with Gasteiger partial charge >= 0.3 is 0 Å². The first kappa shape index (κ1) is 11.2. The van der Waals surface area contributed by atoms with Gasteiger partial charge in [0.1, 0.15) is 11.6 Å². The lowest BCUT2D eigenvalue weighted by molar-refractivity contribution is 1.05. The van der Waals surface area contributed by atoms with Gasteiger partial charge in [-0.1, -0.05) is 6.07 Å². The van der Waals surface area contributed by atoms with Crippen LogP contribution in [0, 0.1) is 32.1 Å². The van der Waals surface area contributed by atoms with E-state index in [1.807, 2.05) is 32.9 Å². The number of aromatic amines is 1. The molecule has 0 unspecified atom stereocenters. The Balaban J connectivity index is 2.35. The zero-order chi connectivity index (χ0) is 12.4. The smallest absolute Gasteiger partial charge is 0.170 e. The lowest BCUT2D eigenvalue weighted by atomic mass is 10.1. The second kappa shape index (κ2) is 4.30. The first-order valence-corrected chi connectivity index (χ1v) is 5.40. The molecule has 0 spiro atoms. The number of benzene rings is 1. The summed E-state index contributed by atoms with van der Waals surface area (Å²) in [7, 11) is 0. The quantitative estimate of drug-likeness (QED) is 0.827. The van der Waals surface area contributed by atoms with Crippen molar-refractivity contribution in [2.45, 2.75) is 20.8 Å². The van der Waals surface area contributed by atoms with Crippen molar-refractivity contribution in [3.05, 3.63) is 40.6 Å². The maximum atomic E-state index is 9.03. The molecular formula is C13H14N4. The summed E-state index contributed by atoms with van der Waals surface area (Å²) >= 11 is 0. The van der Waals surface area contributed by atoms with Crippen LogP contribution in [0.1, 0.15) is 22.4 Å². The summed E-state index contributed by atoms with van der Waals surface area (Å²) in [5.74, 6) is 0.579. The van der Waals surface area contributed by atoms with Crippen molar-refractivity contribution in [3.63, 3.8) is 0 Å². The van der Waals surface area contributed by atoms with Crippen LogP contribution in [0.2, 0.25) is 0 Å². The normalized spacial score (nSPS) is 10.0. The van der Waals surface area contributed by atoms with Gasteiger partial charge in [0, 0.05) is 5.69 Å². The standard InChI is InChI=1S/C13H14N4/c1-8-4-9(2)6-11(5-8)15-13-12(7-14)10(3)16-17-13/h4-6H,1-3H3,(H2,15,16,17). The summed E-state index contributed by atoms with van der Waals surface area (Å²) in [5.41, 5.74) is 4.64. The second-order valence-corrected chi connectivity index (χ2v) is 4.19. The molecule has 4 heteroatoms. The lowest BCUT2D eigenvalue weighted by Gasteiger charge is -2.06. The van der Waals surface area contributed by atoms with Gasteiger partial charge in [0.05, 0.1) is 5.69 Å². The Kier molecular flexibility index (Phi) is 2.84. The third-order valence-electron chi connectivity index (χ3n) is 2.54. The molecule has 0 radical (unpaired) electrons. The summed E-state index contributed by atoms with van der Waals surface area (Å²) in [4.78, 5) is 0. The van der Waals surface area contributed by atoms with Crippen LogP contribution in [0.4, 0.5) is 11.5 Å². The van der Waals surface area contributed by atoms with Crippen LogP contribution in [0.5, 0.6) is 0 Å². The molecule has 0 aliphatic carbocycles. The lowest BCUT2D eigenvalue weighted by Crippen LogP contribution is -1.94. The average Bonchev–Trinajstić information content (AvgIpc) is 2.57. The van der Waals surface area contributed by atoms with E-state index >= 15 is 0 Å². The van der Waals surface area contributed by atoms with E-state index in [1.54, 1.807) is 0 Å². The number of H-pyrrole nitrogens is 1. The summed E-state index contributed by atoms with van der Waals surface area (Å²) in [6.45, 7) is 5.91. The molecule has 4 nitrogen and oxygen atoms in total. The Labute approximate surface area is 100 Å². The van der Waals surface area contributed by atoms with E-state index in [0.717, 1.165) is 11.4 Å². The first-order chi connectivity index (χ1) is 8.10. The number of nitrogens with one attached hydrogen (secondary N) is 2. The summed E-state index contributed by atoms with van der Waals surface area (Å²) < 4.78 is 0. The molecule has 0 atom stereocenters. The fraction of sp³-hybridized carbons (Fsp3) is 0.231. The minimum Gasteiger partial charge on any atom is -0.338 e. The minimum absolute atomic E-state index is 0.559. The van der Waals surface area contributed by atoms with Crippen LogP contribution < -0.4 is 5.32 Å². The molecule has 0 saturated carbocycles. The van der Waals surface area contributed by atoms with E-state index in [4.69, 9.17) is 5.26 Å². The van der Waals surface area contributed by atoms with E-state index < -0.39 is 0 Å². The molecule has 17 heavy (non-hydrogen) atoms. The van der Waals surface area contributed by atoms with Crippen LogP contribution >= 0.6 is 0 Å². The molecule has 2 aromatic rings. The van der Waals surface area contributed by atoms with Gasteiger partial charge in [0.2, 0.25) is 0 Å². The van der Waals surface area contributed by atoms with Gasteiger partial charge in [0.15, 0.2) is 5.82 Å². The first-order valence-electron chi connectivity index (χ1n) is 5.40. The number of hydrogen-bond donors (Lipinski definition) is 2. The molecule has 1 heterocycles. The SMILES string of the molecule is Cc1cc(C)cc(Nc2n[nH]c(C)c2C#N)c1. The van der Waals surface area contributed by atoms with E-state index in [0.29, 0.717) is 11.4 Å².